The first-order valence-corrected chi connectivity index (χ1v) is 9.53. The van der Waals surface area contributed by atoms with Gasteiger partial charge >= 0.3 is 0 Å². The van der Waals surface area contributed by atoms with Crippen molar-refractivity contribution in [1.82, 2.24) is 0 Å². The second kappa shape index (κ2) is 7.78. The molecule has 20 heavy (non-hydrogen) atoms. The quantitative estimate of drug-likeness (QED) is 0.524. The van der Waals surface area contributed by atoms with Crippen LogP contribution in [-0.4, -0.2) is 14.9 Å². The van der Waals surface area contributed by atoms with E-state index in [0.717, 1.165) is 22.8 Å². The van der Waals surface area contributed by atoms with Gasteiger partial charge in [-0.05, 0) is 53.2 Å². The van der Waals surface area contributed by atoms with Crippen molar-refractivity contribution in [3.8, 4) is 11.5 Å². The van der Waals surface area contributed by atoms with Gasteiger partial charge in [-0.25, -0.2) is 0 Å². The Morgan fingerprint density at radius 1 is 1.10 bits per heavy atom. The van der Waals surface area contributed by atoms with Gasteiger partial charge in [0.1, 0.15) is 11.5 Å². The molecule has 106 valence electrons. The number of hydrogen-bond donors (Lipinski definition) is 0. The first-order valence-electron chi connectivity index (χ1n) is 6.45. The summed E-state index contributed by atoms with van der Waals surface area (Å²) in [7, 11) is -0.985. The normalized spacial score (nSPS) is 12.1. The van der Waals surface area contributed by atoms with Gasteiger partial charge in [-0.15, -0.1) is 0 Å². The molecule has 2 aromatic rings. The van der Waals surface area contributed by atoms with Crippen LogP contribution < -0.4 is 4.74 Å². The molecule has 0 heterocycles. The zero-order chi connectivity index (χ0) is 14.4. The highest BCUT2D eigenvalue weighted by Crippen LogP contribution is 2.23. The molecule has 4 heteroatoms. The van der Waals surface area contributed by atoms with Crippen LogP contribution in [0.3, 0.4) is 0 Å². The summed E-state index contributed by atoms with van der Waals surface area (Å²) < 4.78 is 18.4. The minimum absolute atomic E-state index is 0.720. The highest BCUT2D eigenvalue weighted by atomic mass is 127. The Morgan fingerprint density at radius 3 is 2.50 bits per heavy atom. The first kappa shape index (κ1) is 15.5. The van der Waals surface area contributed by atoms with E-state index in [9.17, 15) is 4.21 Å². The van der Waals surface area contributed by atoms with Crippen molar-refractivity contribution in [1.29, 1.82) is 0 Å². The van der Waals surface area contributed by atoms with Crippen LogP contribution in [0.5, 0.6) is 11.5 Å². The van der Waals surface area contributed by atoms with Gasteiger partial charge in [-0.1, -0.05) is 40.8 Å². The van der Waals surface area contributed by atoms with Crippen LogP contribution in [0, 0.1) is 0 Å². The minimum atomic E-state index is -0.985. The van der Waals surface area contributed by atoms with Crippen LogP contribution in [0.15, 0.2) is 53.4 Å². The molecule has 0 aliphatic carbocycles. The van der Waals surface area contributed by atoms with E-state index in [1.165, 1.54) is 16.4 Å². The molecule has 0 amide bonds. The Labute approximate surface area is 136 Å². The van der Waals surface area contributed by atoms with Crippen molar-refractivity contribution in [2.24, 2.45) is 0 Å². The second-order valence-corrected chi connectivity index (χ2v) is 6.93. The van der Waals surface area contributed by atoms with Gasteiger partial charge in [0.15, 0.2) is 0 Å². The number of benzene rings is 2. The number of hydrogen-bond acceptors (Lipinski definition) is 2. The monoisotopic (exact) mass is 400 g/mol. The van der Waals surface area contributed by atoms with Gasteiger partial charge in [-0.3, -0.25) is 4.21 Å². The van der Waals surface area contributed by atoms with Crippen LogP contribution in [-0.2, 0) is 17.2 Å². The highest BCUT2D eigenvalue weighted by molar-refractivity contribution is 14.1. The summed E-state index contributed by atoms with van der Waals surface area (Å²) in [6.45, 7) is 0. The van der Waals surface area contributed by atoms with Crippen LogP contribution in [0.2, 0.25) is 0 Å². The third-order valence-electron chi connectivity index (χ3n) is 2.90. The maximum Gasteiger partial charge on any atom is 0.128 e. The summed E-state index contributed by atoms with van der Waals surface area (Å²) in [5.74, 6) is 1.53. The predicted octanol–water partition coefficient (Wildman–Crippen LogP) is 4.58. The maximum absolute atomic E-state index is 11.5. The molecule has 1 unspecified atom stereocenters. The fraction of sp³-hybridized carbons (Fsp3) is 0.250. The van der Waals surface area contributed by atoms with Crippen molar-refractivity contribution in [3.05, 3.63) is 54.1 Å². The fourth-order valence-electron chi connectivity index (χ4n) is 1.85. The van der Waals surface area contributed by atoms with E-state index in [-0.39, 0.29) is 0 Å². The van der Waals surface area contributed by atoms with E-state index in [2.05, 4.69) is 34.7 Å². The molecule has 0 bridgehead atoms. The average molecular weight is 400 g/mol. The summed E-state index contributed by atoms with van der Waals surface area (Å²) >= 11 is 2.39. The molecule has 0 spiro atoms. The zero-order valence-electron chi connectivity index (χ0n) is 11.3. The summed E-state index contributed by atoms with van der Waals surface area (Å²) in [5, 5.41) is 0. The average Bonchev–Trinajstić information content (AvgIpc) is 2.47. The lowest BCUT2D eigenvalue weighted by Gasteiger charge is -2.07. The number of alkyl halides is 1. The smallest absolute Gasteiger partial charge is 0.128 e. The number of rotatable bonds is 6. The Hall–Kier alpha value is -0.880. The molecule has 2 aromatic carbocycles. The molecule has 2 nitrogen and oxygen atoms in total. The highest BCUT2D eigenvalue weighted by Gasteiger charge is 2.02. The van der Waals surface area contributed by atoms with E-state index < -0.39 is 10.8 Å². The van der Waals surface area contributed by atoms with Gasteiger partial charge in [0, 0.05) is 22.0 Å². The summed E-state index contributed by atoms with van der Waals surface area (Å²) in [4.78, 5) is 0.779. The SMILES string of the molecule is CS(=O)c1cccc(Oc2ccc(CCCI)cc2)c1. The molecular weight excluding hydrogens is 383 g/mol. The Morgan fingerprint density at radius 2 is 1.85 bits per heavy atom. The summed E-state index contributed by atoms with van der Waals surface area (Å²) in [6, 6.07) is 15.6. The first-order chi connectivity index (χ1) is 9.69. The Bertz CT molecular complexity index is 581. The molecule has 0 aromatic heterocycles. The van der Waals surface area contributed by atoms with Gasteiger partial charge in [0.05, 0.1) is 0 Å². The Kier molecular flexibility index (Phi) is 6.04. The van der Waals surface area contributed by atoms with Gasteiger partial charge in [-0.2, -0.15) is 0 Å². The Balaban J connectivity index is 2.06. The van der Waals surface area contributed by atoms with Crippen LogP contribution >= 0.6 is 22.6 Å². The van der Waals surface area contributed by atoms with E-state index in [0.29, 0.717) is 0 Å². The van der Waals surface area contributed by atoms with E-state index >= 15 is 0 Å². The van der Waals surface area contributed by atoms with Crippen molar-refractivity contribution in [2.75, 3.05) is 10.7 Å². The number of halogens is 1. The number of aryl methyl sites for hydroxylation is 1. The molecule has 0 saturated carbocycles. The minimum Gasteiger partial charge on any atom is -0.457 e. The van der Waals surface area contributed by atoms with E-state index in [4.69, 9.17) is 4.74 Å². The van der Waals surface area contributed by atoms with Crippen LogP contribution in [0.4, 0.5) is 0 Å². The molecule has 0 aliphatic rings. The third-order valence-corrected chi connectivity index (χ3v) is 4.58. The van der Waals surface area contributed by atoms with Crippen molar-refractivity contribution in [3.63, 3.8) is 0 Å². The largest absolute Gasteiger partial charge is 0.457 e. The molecule has 0 aliphatic heterocycles. The molecule has 0 radical (unpaired) electrons. The molecular formula is C16H17IO2S. The topological polar surface area (TPSA) is 26.3 Å². The molecule has 0 N–H and O–H groups in total. The van der Waals surface area contributed by atoms with Gasteiger partial charge in [0.25, 0.3) is 0 Å². The number of ether oxygens (including phenoxy) is 1. The lowest BCUT2D eigenvalue weighted by Crippen LogP contribution is -1.90. The van der Waals surface area contributed by atoms with Crippen molar-refractivity contribution >= 4 is 33.4 Å². The maximum atomic E-state index is 11.5. The summed E-state index contributed by atoms with van der Waals surface area (Å²) in [5.41, 5.74) is 1.33. The summed E-state index contributed by atoms with van der Waals surface area (Å²) in [6.07, 6.45) is 3.97. The lowest BCUT2D eigenvalue weighted by molar-refractivity contribution is 0.481. The van der Waals surface area contributed by atoms with Crippen LogP contribution in [0.1, 0.15) is 12.0 Å². The third kappa shape index (κ3) is 4.59. The lowest BCUT2D eigenvalue weighted by atomic mass is 10.1. The predicted molar refractivity (Wildman–Crippen MR) is 92.5 cm³/mol. The standard InChI is InChI=1S/C16H17IO2S/c1-20(18)16-6-2-5-15(12-16)19-14-9-7-13(8-10-14)4-3-11-17/h2,5-10,12H,3-4,11H2,1H3. The molecule has 1 atom stereocenters. The van der Waals surface area contributed by atoms with Crippen molar-refractivity contribution in [2.45, 2.75) is 17.7 Å². The van der Waals surface area contributed by atoms with Crippen molar-refractivity contribution < 1.29 is 8.95 Å². The second-order valence-electron chi connectivity index (χ2n) is 4.47. The van der Waals surface area contributed by atoms with Gasteiger partial charge in [0.2, 0.25) is 0 Å². The van der Waals surface area contributed by atoms with Gasteiger partial charge < -0.3 is 4.74 Å². The van der Waals surface area contributed by atoms with E-state index in [1.807, 2.05) is 36.4 Å². The molecule has 2 rings (SSSR count). The zero-order valence-corrected chi connectivity index (χ0v) is 14.3. The van der Waals surface area contributed by atoms with E-state index in [1.54, 1.807) is 6.26 Å². The fourth-order valence-corrected chi connectivity index (χ4v) is 2.78. The molecule has 0 fully saturated rings. The molecule has 0 saturated heterocycles. The van der Waals surface area contributed by atoms with Crippen LogP contribution in [0.25, 0.3) is 0 Å².